The number of methoxy groups -OCH3 is 1. The van der Waals surface area contributed by atoms with Gasteiger partial charge in [0, 0.05) is 11.6 Å². The minimum atomic E-state index is -4.97. The van der Waals surface area contributed by atoms with Crippen molar-refractivity contribution in [3.8, 4) is 5.75 Å². The molecule has 1 rings (SSSR count). The van der Waals surface area contributed by atoms with Crippen LogP contribution in [0.3, 0.4) is 0 Å². The Morgan fingerprint density at radius 2 is 1.69 bits per heavy atom. The van der Waals surface area contributed by atoms with E-state index < -0.39 is 35.2 Å². The van der Waals surface area contributed by atoms with Crippen molar-refractivity contribution in [1.29, 1.82) is 0 Å². The van der Waals surface area contributed by atoms with Crippen LogP contribution < -0.4 is 4.74 Å². The number of rotatable bonds is 2. The zero-order valence-electron chi connectivity index (χ0n) is 7.98. The van der Waals surface area contributed by atoms with Gasteiger partial charge in [0.2, 0.25) is 0 Å². The molecule has 16 heavy (non-hydrogen) atoms. The van der Waals surface area contributed by atoms with Crippen LogP contribution in [0.1, 0.15) is 11.7 Å². The lowest BCUT2D eigenvalue weighted by molar-refractivity contribution is -0.207. The number of halogens is 5. The fraction of sp³-hybridized carbons (Fsp3) is 0.333. The molecule has 0 spiro atoms. The molecule has 1 N–H and O–H groups in total. The summed E-state index contributed by atoms with van der Waals surface area (Å²) in [7, 11) is 0.985. The molecule has 90 valence electrons. The third-order valence-electron chi connectivity index (χ3n) is 1.88. The predicted octanol–water partition coefficient (Wildman–Crippen LogP) is 2.57. The second kappa shape index (κ2) is 4.25. The maximum Gasteiger partial charge on any atom is 0.418 e. The average Bonchev–Trinajstić information content (AvgIpc) is 2.19. The first-order valence-electron chi connectivity index (χ1n) is 4.05. The maximum atomic E-state index is 12.7. The summed E-state index contributed by atoms with van der Waals surface area (Å²) in [6, 6.07) is 0.700. The monoisotopic (exact) mass is 242 g/mol. The highest BCUT2D eigenvalue weighted by molar-refractivity contribution is 5.37. The van der Waals surface area contributed by atoms with Crippen molar-refractivity contribution >= 4 is 0 Å². The molecule has 0 bridgehead atoms. The van der Waals surface area contributed by atoms with Crippen molar-refractivity contribution in [3.05, 3.63) is 29.3 Å². The summed E-state index contributed by atoms with van der Waals surface area (Å²) in [5, 5.41) is 8.89. The van der Waals surface area contributed by atoms with Crippen LogP contribution in [0.5, 0.6) is 5.75 Å². The molecule has 0 saturated heterocycles. The molecule has 2 nitrogen and oxygen atoms in total. The SMILES string of the molecule is COc1cc(F)c(F)cc1[C@H](O)C(F)(F)F. The second-order valence-electron chi connectivity index (χ2n) is 2.95. The Morgan fingerprint density at radius 3 is 2.12 bits per heavy atom. The molecule has 1 aromatic rings. The molecule has 0 aliphatic carbocycles. The Morgan fingerprint density at radius 1 is 1.19 bits per heavy atom. The average molecular weight is 242 g/mol. The van der Waals surface area contributed by atoms with E-state index in [1.165, 1.54) is 0 Å². The molecular weight excluding hydrogens is 235 g/mol. The Bertz CT molecular complexity index is 388. The van der Waals surface area contributed by atoms with E-state index in [2.05, 4.69) is 4.74 Å². The van der Waals surface area contributed by atoms with E-state index in [9.17, 15) is 22.0 Å². The second-order valence-corrected chi connectivity index (χ2v) is 2.95. The summed E-state index contributed by atoms with van der Waals surface area (Å²) in [6.07, 6.45) is -7.89. The molecule has 0 radical (unpaired) electrons. The molecule has 0 aliphatic heterocycles. The minimum Gasteiger partial charge on any atom is -0.496 e. The molecule has 0 heterocycles. The molecule has 0 amide bonds. The fourth-order valence-corrected chi connectivity index (χ4v) is 1.11. The number of ether oxygens (including phenoxy) is 1. The zero-order chi connectivity index (χ0) is 12.5. The highest BCUT2D eigenvalue weighted by Gasteiger charge is 2.41. The van der Waals surface area contributed by atoms with E-state index in [-0.39, 0.29) is 6.07 Å². The van der Waals surface area contributed by atoms with E-state index in [1.54, 1.807) is 0 Å². The van der Waals surface area contributed by atoms with Gasteiger partial charge in [0.15, 0.2) is 17.7 Å². The van der Waals surface area contributed by atoms with Gasteiger partial charge in [-0.3, -0.25) is 0 Å². The predicted molar refractivity (Wildman–Crippen MR) is 43.9 cm³/mol. The first-order valence-corrected chi connectivity index (χ1v) is 4.05. The van der Waals surface area contributed by atoms with Crippen molar-refractivity contribution < 1.29 is 31.8 Å². The van der Waals surface area contributed by atoms with Crippen LogP contribution in [0.15, 0.2) is 12.1 Å². The van der Waals surface area contributed by atoms with Crippen LogP contribution in [0.25, 0.3) is 0 Å². The Balaban J connectivity index is 3.27. The number of alkyl halides is 3. The molecule has 7 heteroatoms. The van der Waals surface area contributed by atoms with Crippen molar-refractivity contribution in [3.63, 3.8) is 0 Å². The summed E-state index contributed by atoms with van der Waals surface area (Å²) in [5.74, 6) is -3.40. The lowest BCUT2D eigenvalue weighted by atomic mass is 10.1. The fourth-order valence-electron chi connectivity index (χ4n) is 1.11. The molecule has 0 aliphatic rings. The number of aliphatic hydroxyl groups excluding tert-OH is 1. The summed E-state index contributed by atoms with van der Waals surface area (Å²) in [4.78, 5) is 0. The van der Waals surface area contributed by atoms with Crippen molar-refractivity contribution in [2.45, 2.75) is 12.3 Å². The minimum absolute atomic E-state index is 0.256. The van der Waals surface area contributed by atoms with Gasteiger partial charge in [0.05, 0.1) is 7.11 Å². The highest BCUT2D eigenvalue weighted by atomic mass is 19.4. The lowest BCUT2D eigenvalue weighted by Gasteiger charge is -2.17. The van der Waals surface area contributed by atoms with Crippen molar-refractivity contribution in [2.24, 2.45) is 0 Å². The first-order chi connectivity index (χ1) is 7.27. The van der Waals surface area contributed by atoms with E-state index in [4.69, 9.17) is 5.11 Å². The van der Waals surface area contributed by atoms with Gasteiger partial charge >= 0.3 is 6.18 Å². The molecule has 0 saturated carbocycles. The van der Waals surface area contributed by atoms with Gasteiger partial charge in [0.25, 0.3) is 0 Å². The Kier molecular flexibility index (Phi) is 3.37. The van der Waals surface area contributed by atoms with Gasteiger partial charge in [-0.15, -0.1) is 0 Å². The van der Waals surface area contributed by atoms with Crippen LogP contribution in [0.4, 0.5) is 22.0 Å². The highest BCUT2D eigenvalue weighted by Crippen LogP contribution is 2.37. The Hall–Kier alpha value is -1.37. The smallest absolute Gasteiger partial charge is 0.418 e. The number of hydrogen-bond acceptors (Lipinski definition) is 2. The molecule has 0 aromatic heterocycles. The molecule has 0 unspecified atom stereocenters. The van der Waals surface area contributed by atoms with E-state index in [1.807, 2.05) is 0 Å². The molecule has 1 atom stereocenters. The van der Waals surface area contributed by atoms with Gasteiger partial charge in [0.1, 0.15) is 5.75 Å². The number of benzene rings is 1. The summed E-state index contributed by atoms with van der Waals surface area (Å²) >= 11 is 0. The van der Waals surface area contributed by atoms with Gasteiger partial charge in [-0.2, -0.15) is 13.2 Å². The van der Waals surface area contributed by atoms with Gasteiger partial charge < -0.3 is 9.84 Å². The molecule has 0 fully saturated rings. The van der Waals surface area contributed by atoms with Crippen molar-refractivity contribution in [1.82, 2.24) is 0 Å². The van der Waals surface area contributed by atoms with E-state index >= 15 is 0 Å². The largest absolute Gasteiger partial charge is 0.496 e. The van der Waals surface area contributed by atoms with E-state index in [0.717, 1.165) is 7.11 Å². The normalized spacial score (nSPS) is 13.7. The summed E-state index contributed by atoms with van der Waals surface area (Å²) in [6.45, 7) is 0. The lowest BCUT2D eigenvalue weighted by Crippen LogP contribution is -2.21. The number of hydrogen-bond donors (Lipinski definition) is 1. The third kappa shape index (κ3) is 2.41. The quantitative estimate of drug-likeness (QED) is 0.807. The van der Waals surface area contributed by atoms with Crippen LogP contribution in [0.2, 0.25) is 0 Å². The first kappa shape index (κ1) is 12.7. The van der Waals surface area contributed by atoms with Gasteiger partial charge in [-0.05, 0) is 6.07 Å². The third-order valence-corrected chi connectivity index (χ3v) is 1.88. The topological polar surface area (TPSA) is 29.5 Å². The molecular formula is C9H7F5O2. The maximum absolute atomic E-state index is 12.7. The Labute approximate surface area is 87.3 Å². The standard InChI is InChI=1S/C9H7F5O2/c1-16-7-3-6(11)5(10)2-4(7)8(15)9(12,13)14/h2-3,8,15H,1H3/t8-/m0/s1. The van der Waals surface area contributed by atoms with Gasteiger partial charge in [-0.25, -0.2) is 8.78 Å². The van der Waals surface area contributed by atoms with E-state index in [0.29, 0.717) is 6.07 Å². The summed E-state index contributed by atoms with van der Waals surface area (Å²) in [5.41, 5.74) is -0.867. The van der Waals surface area contributed by atoms with Crippen LogP contribution in [-0.2, 0) is 0 Å². The number of aliphatic hydroxyl groups is 1. The van der Waals surface area contributed by atoms with Crippen LogP contribution >= 0.6 is 0 Å². The summed E-state index contributed by atoms with van der Waals surface area (Å²) < 4.78 is 66.3. The van der Waals surface area contributed by atoms with Crippen LogP contribution in [-0.4, -0.2) is 18.4 Å². The van der Waals surface area contributed by atoms with Crippen LogP contribution in [0, 0.1) is 11.6 Å². The zero-order valence-corrected chi connectivity index (χ0v) is 7.98. The molecule has 1 aromatic carbocycles. The van der Waals surface area contributed by atoms with Gasteiger partial charge in [-0.1, -0.05) is 0 Å². The van der Waals surface area contributed by atoms with Crippen molar-refractivity contribution in [2.75, 3.05) is 7.11 Å².